The Morgan fingerprint density at radius 3 is 2.62 bits per heavy atom. The number of hydrogen-bond donors (Lipinski definition) is 2. The molecule has 0 aliphatic carbocycles. The van der Waals surface area contributed by atoms with Gasteiger partial charge in [-0.05, 0) is 62.2 Å². The summed E-state index contributed by atoms with van der Waals surface area (Å²) >= 11 is 0. The molecule has 7 nitrogen and oxygen atoms in total. The van der Waals surface area contributed by atoms with Crippen LogP contribution >= 0.6 is 0 Å². The van der Waals surface area contributed by atoms with Crippen molar-refractivity contribution in [3.63, 3.8) is 0 Å². The predicted octanol–water partition coefficient (Wildman–Crippen LogP) is 5.20. The van der Waals surface area contributed by atoms with E-state index < -0.39 is 0 Å². The van der Waals surface area contributed by atoms with Crippen LogP contribution in [-0.2, 0) is 6.54 Å². The Hall–Kier alpha value is -3.58. The molecule has 162 valence electrons. The van der Waals surface area contributed by atoms with Crippen LogP contribution in [0.5, 0.6) is 0 Å². The van der Waals surface area contributed by atoms with Crippen molar-refractivity contribution in [1.82, 2.24) is 25.1 Å². The van der Waals surface area contributed by atoms with E-state index in [1.807, 2.05) is 31.2 Å². The Kier molecular flexibility index (Phi) is 5.89. The van der Waals surface area contributed by atoms with Crippen LogP contribution in [0, 0.1) is 6.92 Å². The summed E-state index contributed by atoms with van der Waals surface area (Å²) in [6.45, 7) is 5.46. The maximum atomic E-state index is 4.62. The minimum Gasteiger partial charge on any atom is -0.338 e. The van der Waals surface area contributed by atoms with Crippen LogP contribution in [0.1, 0.15) is 30.4 Å². The Bertz CT molecular complexity index is 1200. The molecule has 32 heavy (non-hydrogen) atoms. The highest BCUT2D eigenvalue weighted by Gasteiger charge is 2.11. The second-order valence-corrected chi connectivity index (χ2v) is 8.28. The fourth-order valence-electron chi connectivity index (χ4n) is 4.15. The Morgan fingerprint density at radius 1 is 0.938 bits per heavy atom. The number of aromatic nitrogens is 4. The average molecular weight is 426 g/mol. The largest absolute Gasteiger partial charge is 0.338 e. The molecule has 7 heteroatoms. The monoisotopic (exact) mass is 425 g/mol. The number of anilines is 4. The number of rotatable bonds is 6. The number of aryl methyl sites for hydroxylation is 1. The molecule has 5 rings (SSSR count). The second kappa shape index (κ2) is 9.28. The molecule has 1 fully saturated rings. The number of likely N-dealkylation sites (tertiary alicyclic amines) is 1. The number of nitrogens with zero attached hydrogens (tertiary/aromatic N) is 5. The summed E-state index contributed by atoms with van der Waals surface area (Å²) in [5.41, 5.74) is 5.14. The zero-order chi connectivity index (χ0) is 21.8. The summed E-state index contributed by atoms with van der Waals surface area (Å²) in [6.07, 6.45) is 7.45. The maximum Gasteiger partial charge on any atom is 0.229 e. The highest BCUT2D eigenvalue weighted by molar-refractivity contribution is 5.93. The zero-order valence-electron chi connectivity index (χ0n) is 18.3. The molecule has 4 aromatic rings. The topological polar surface area (TPSA) is 78.9 Å². The van der Waals surface area contributed by atoms with Gasteiger partial charge < -0.3 is 10.6 Å². The van der Waals surface area contributed by atoms with Crippen LogP contribution in [0.25, 0.3) is 10.9 Å². The predicted molar refractivity (Wildman–Crippen MR) is 128 cm³/mol. The highest BCUT2D eigenvalue weighted by atomic mass is 15.2. The standard InChI is InChI=1S/C25H27N7/c1-18-6-5-7-21-22(16-27-31-24(18)21)29-23-12-13-26-25(30-23)28-20-10-8-19(9-11-20)17-32-14-3-2-4-15-32/h5-13,16H,2-4,14-15,17H2,1H3,(H2,26,28,29,30,31). The Balaban J connectivity index is 1.28. The van der Waals surface area contributed by atoms with E-state index in [4.69, 9.17) is 0 Å². The van der Waals surface area contributed by atoms with Crippen molar-refractivity contribution in [2.24, 2.45) is 0 Å². The van der Waals surface area contributed by atoms with Gasteiger partial charge in [0.1, 0.15) is 5.82 Å². The zero-order valence-corrected chi connectivity index (χ0v) is 18.3. The molecular formula is C25H27N7. The van der Waals surface area contributed by atoms with Crippen LogP contribution in [0.4, 0.5) is 23.1 Å². The van der Waals surface area contributed by atoms with Gasteiger partial charge >= 0.3 is 0 Å². The smallest absolute Gasteiger partial charge is 0.229 e. The third kappa shape index (κ3) is 4.68. The molecule has 0 radical (unpaired) electrons. The average Bonchev–Trinajstić information content (AvgIpc) is 2.82. The van der Waals surface area contributed by atoms with Gasteiger partial charge in [-0.25, -0.2) is 4.98 Å². The van der Waals surface area contributed by atoms with Crippen LogP contribution in [0.3, 0.4) is 0 Å². The van der Waals surface area contributed by atoms with Crippen molar-refractivity contribution < 1.29 is 0 Å². The molecule has 0 spiro atoms. The van der Waals surface area contributed by atoms with E-state index in [0.29, 0.717) is 11.8 Å². The van der Waals surface area contributed by atoms with Gasteiger partial charge in [-0.1, -0.05) is 36.8 Å². The number of hydrogen-bond acceptors (Lipinski definition) is 7. The SMILES string of the molecule is Cc1cccc2c(Nc3ccnc(Nc4ccc(CN5CCCCC5)cc4)n3)cnnc12. The van der Waals surface area contributed by atoms with E-state index in [9.17, 15) is 0 Å². The van der Waals surface area contributed by atoms with Crippen molar-refractivity contribution in [2.45, 2.75) is 32.7 Å². The van der Waals surface area contributed by atoms with Crippen molar-refractivity contribution in [3.05, 3.63) is 72.1 Å². The van der Waals surface area contributed by atoms with E-state index in [2.05, 4.69) is 60.0 Å². The molecule has 1 aliphatic heterocycles. The highest BCUT2D eigenvalue weighted by Crippen LogP contribution is 2.26. The summed E-state index contributed by atoms with van der Waals surface area (Å²) in [7, 11) is 0. The lowest BCUT2D eigenvalue weighted by Gasteiger charge is -2.26. The Labute approximate surface area is 187 Å². The van der Waals surface area contributed by atoms with Gasteiger partial charge in [0.05, 0.1) is 17.4 Å². The van der Waals surface area contributed by atoms with Gasteiger partial charge in [-0.2, -0.15) is 15.2 Å². The van der Waals surface area contributed by atoms with Crippen molar-refractivity contribution in [1.29, 1.82) is 0 Å². The van der Waals surface area contributed by atoms with E-state index in [-0.39, 0.29) is 0 Å². The van der Waals surface area contributed by atoms with Gasteiger partial charge in [-0.3, -0.25) is 4.90 Å². The molecule has 0 atom stereocenters. The number of nitrogens with one attached hydrogen (secondary N) is 2. The lowest BCUT2D eigenvalue weighted by molar-refractivity contribution is 0.221. The molecule has 2 aromatic carbocycles. The lowest BCUT2D eigenvalue weighted by atomic mass is 10.1. The van der Waals surface area contributed by atoms with Gasteiger partial charge in [0.15, 0.2) is 0 Å². The second-order valence-electron chi connectivity index (χ2n) is 8.28. The number of benzene rings is 2. The first kappa shape index (κ1) is 20.3. The summed E-state index contributed by atoms with van der Waals surface area (Å²) in [5, 5.41) is 16.1. The molecule has 0 amide bonds. The third-order valence-corrected chi connectivity index (χ3v) is 5.86. The van der Waals surface area contributed by atoms with E-state index in [1.54, 1.807) is 12.4 Å². The normalized spacial score (nSPS) is 14.4. The molecule has 3 heterocycles. The summed E-state index contributed by atoms with van der Waals surface area (Å²) < 4.78 is 0. The molecular weight excluding hydrogens is 398 g/mol. The van der Waals surface area contributed by atoms with Crippen LogP contribution in [-0.4, -0.2) is 38.2 Å². The van der Waals surface area contributed by atoms with E-state index in [1.165, 1.54) is 37.9 Å². The van der Waals surface area contributed by atoms with Gasteiger partial charge in [0.25, 0.3) is 0 Å². The fourth-order valence-corrected chi connectivity index (χ4v) is 4.15. The van der Waals surface area contributed by atoms with Gasteiger partial charge in [0.2, 0.25) is 5.95 Å². The lowest BCUT2D eigenvalue weighted by Crippen LogP contribution is -2.29. The van der Waals surface area contributed by atoms with Crippen molar-refractivity contribution in [3.8, 4) is 0 Å². The molecule has 0 bridgehead atoms. The summed E-state index contributed by atoms with van der Waals surface area (Å²) in [5.74, 6) is 1.24. The first-order valence-electron chi connectivity index (χ1n) is 11.1. The Morgan fingerprint density at radius 2 is 1.78 bits per heavy atom. The minimum atomic E-state index is 0.543. The van der Waals surface area contributed by atoms with E-state index >= 15 is 0 Å². The number of piperidine rings is 1. The van der Waals surface area contributed by atoms with Crippen LogP contribution in [0.2, 0.25) is 0 Å². The molecule has 2 aromatic heterocycles. The molecule has 2 N–H and O–H groups in total. The summed E-state index contributed by atoms with van der Waals surface area (Å²) in [6, 6.07) is 16.5. The molecule has 1 saturated heterocycles. The van der Waals surface area contributed by atoms with Crippen molar-refractivity contribution in [2.75, 3.05) is 23.7 Å². The number of fused-ring (bicyclic) bond motifs is 1. The minimum absolute atomic E-state index is 0.543. The first-order chi connectivity index (χ1) is 15.7. The van der Waals surface area contributed by atoms with Gasteiger partial charge in [0, 0.05) is 23.8 Å². The molecule has 0 saturated carbocycles. The van der Waals surface area contributed by atoms with Crippen LogP contribution < -0.4 is 10.6 Å². The van der Waals surface area contributed by atoms with Gasteiger partial charge in [-0.15, -0.1) is 0 Å². The van der Waals surface area contributed by atoms with E-state index in [0.717, 1.165) is 34.4 Å². The first-order valence-corrected chi connectivity index (χ1v) is 11.1. The maximum absolute atomic E-state index is 4.62. The van der Waals surface area contributed by atoms with Crippen molar-refractivity contribution >= 4 is 34.0 Å². The fraction of sp³-hybridized carbons (Fsp3) is 0.280. The molecule has 0 unspecified atom stereocenters. The van der Waals surface area contributed by atoms with Crippen LogP contribution in [0.15, 0.2) is 60.9 Å². The molecule has 1 aliphatic rings. The third-order valence-electron chi connectivity index (χ3n) is 5.86. The summed E-state index contributed by atoms with van der Waals surface area (Å²) in [4.78, 5) is 11.5. The quantitative estimate of drug-likeness (QED) is 0.439.